The molecule has 0 amide bonds. The van der Waals surface area contributed by atoms with Crippen LogP contribution in [0.2, 0.25) is 0 Å². The van der Waals surface area contributed by atoms with Gasteiger partial charge in [0.15, 0.2) is 5.84 Å². The third kappa shape index (κ3) is 3.47. The molecular weight excluding hydrogens is 410 g/mol. The standard InChI is InChI=1S/C23H19N5O2S/c1-30-16-8-6-14(7-9-16)19-13-31-23(27-19)21-20(29)12-28(22(21)24)26-11-15-10-25-18-5-3-2-4-17(15)18/h2-11,13,24-25,29H,12H2,1H3/b24-22?,26-11+. The van der Waals surface area contributed by atoms with Crippen molar-refractivity contribution in [3.63, 3.8) is 0 Å². The number of hydrogen-bond donors (Lipinski definition) is 3. The smallest absolute Gasteiger partial charge is 0.155 e. The third-order valence-electron chi connectivity index (χ3n) is 5.14. The Morgan fingerprint density at radius 3 is 2.84 bits per heavy atom. The third-order valence-corrected chi connectivity index (χ3v) is 6.00. The Bertz CT molecular complexity index is 1330. The zero-order valence-electron chi connectivity index (χ0n) is 16.7. The number of rotatable bonds is 5. The Morgan fingerprint density at radius 2 is 2.03 bits per heavy atom. The molecule has 0 spiro atoms. The molecule has 7 nitrogen and oxygen atoms in total. The van der Waals surface area contributed by atoms with E-state index in [4.69, 9.17) is 10.1 Å². The Hall–Kier alpha value is -3.91. The molecule has 5 rings (SSSR count). The SMILES string of the molecule is COc1ccc(-c2csc(C3=C(O)CN(/N=C/c4c[nH]c5ccccc45)C3=N)n2)cc1. The van der Waals surface area contributed by atoms with Crippen molar-refractivity contribution in [2.75, 3.05) is 13.7 Å². The van der Waals surface area contributed by atoms with E-state index in [1.54, 1.807) is 13.3 Å². The normalized spacial score (nSPS) is 14.4. The molecule has 0 aliphatic carbocycles. The van der Waals surface area contributed by atoms with Gasteiger partial charge in [0.05, 0.1) is 24.6 Å². The van der Waals surface area contributed by atoms with E-state index in [-0.39, 0.29) is 18.1 Å². The van der Waals surface area contributed by atoms with Crippen LogP contribution in [-0.4, -0.2) is 45.8 Å². The number of aromatic nitrogens is 2. The quantitative estimate of drug-likeness (QED) is 0.393. The number of benzene rings is 2. The highest BCUT2D eigenvalue weighted by Gasteiger charge is 2.30. The number of ether oxygens (including phenoxy) is 1. The second kappa shape index (κ2) is 7.73. The van der Waals surface area contributed by atoms with Crippen LogP contribution in [0.15, 0.2) is 71.0 Å². The lowest BCUT2D eigenvalue weighted by atomic mass is 10.1. The second-order valence-corrected chi connectivity index (χ2v) is 7.89. The van der Waals surface area contributed by atoms with Crippen LogP contribution in [0.4, 0.5) is 0 Å². The topological polar surface area (TPSA) is 97.6 Å². The average Bonchev–Trinajstić information content (AvgIpc) is 3.50. The van der Waals surface area contributed by atoms with Gasteiger partial charge in [-0.25, -0.2) is 9.99 Å². The largest absolute Gasteiger partial charge is 0.509 e. The van der Waals surface area contributed by atoms with E-state index in [0.29, 0.717) is 10.6 Å². The summed E-state index contributed by atoms with van der Waals surface area (Å²) in [5.74, 6) is 1.00. The highest BCUT2D eigenvalue weighted by Crippen LogP contribution is 2.32. The van der Waals surface area contributed by atoms with Crippen LogP contribution in [0.1, 0.15) is 10.6 Å². The summed E-state index contributed by atoms with van der Waals surface area (Å²) in [4.78, 5) is 7.84. The monoisotopic (exact) mass is 429 g/mol. The lowest BCUT2D eigenvalue weighted by Crippen LogP contribution is -2.20. The van der Waals surface area contributed by atoms with E-state index in [1.165, 1.54) is 16.3 Å². The van der Waals surface area contributed by atoms with Gasteiger partial charge in [-0.15, -0.1) is 11.3 Å². The minimum absolute atomic E-state index is 0.0942. The number of para-hydroxylation sites is 1. The molecule has 3 N–H and O–H groups in total. The molecule has 0 atom stereocenters. The van der Waals surface area contributed by atoms with Gasteiger partial charge in [-0.05, 0) is 30.3 Å². The molecule has 31 heavy (non-hydrogen) atoms. The fourth-order valence-corrected chi connectivity index (χ4v) is 4.40. The number of aliphatic hydroxyl groups is 1. The molecule has 0 unspecified atom stereocenters. The van der Waals surface area contributed by atoms with Crippen molar-refractivity contribution < 1.29 is 9.84 Å². The summed E-state index contributed by atoms with van der Waals surface area (Å²) in [5, 5.41) is 28.5. The van der Waals surface area contributed by atoms with Crippen molar-refractivity contribution in [1.82, 2.24) is 15.0 Å². The molecule has 4 aromatic rings. The minimum atomic E-state index is 0.0942. The maximum Gasteiger partial charge on any atom is 0.155 e. The lowest BCUT2D eigenvalue weighted by Gasteiger charge is -2.10. The fraction of sp³-hybridized carbons (Fsp3) is 0.0870. The van der Waals surface area contributed by atoms with Gasteiger partial charge in [-0.1, -0.05) is 18.2 Å². The molecule has 0 bridgehead atoms. The number of aliphatic hydroxyl groups excluding tert-OH is 1. The van der Waals surface area contributed by atoms with E-state index in [1.807, 2.05) is 60.1 Å². The summed E-state index contributed by atoms with van der Waals surface area (Å²) in [5.41, 5.74) is 4.10. The van der Waals surface area contributed by atoms with Crippen LogP contribution < -0.4 is 4.74 Å². The molecule has 1 aliphatic rings. The number of nitrogens with zero attached hydrogens (tertiary/aromatic N) is 3. The summed E-state index contributed by atoms with van der Waals surface area (Å²) < 4.78 is 5.20. The number of hydrazone groups is 1. The van der Waals surface area contributed by atoms with Crippen molar-refractivity contribution in [1.29, 1.82) is 5.41 Å². The van der Waals surface area contributed by atoms with E-state index < -0.39 is 0 Å². The van der Waals surface area contributed by atoms with E-state index in [0.717, 1.165) is 33.5 Å². The molecule has 0 saturated heterocycles. The number of hydrogen-bond acceptors (Lipinski definition) is 6. The summed E-state index contributed by atoms with van der Waals surface area (Å²) in [6.45, 7) is 0.143. The highest BCUT2D eigenvalue weighted by atomic mass is 32.1. The van der Waals surface area contributed by atoms with Crippen LogP contribution in [0.3, 0.4) is 0 Å². The van der Waals surface area contributed by atoms with Gasteiger partial charge in [-0.3, -0.25) is 5.41 Å². The number of nitrogens with one attached hydrogen (secondary N) is 2. The Labute approximate surface area is 182 Å². The maximum absolute atomic E-state index is 10.5. The number of methoxy groups -OCH3 is 1. The van der Waals surface area contributed by atoms with Crippen molar-refractivity contribution in [2.45, 2.75) is 0 Å². The Kier molecular flexibility index (Phi) is 4.76. The molecule has 8 heteroatoms. The van der Waals surface area contributed by atoms with Crippen molar-refractivity contribution in [2.24, 2.45) is 5.10 Å². The lowest BCUT2D eigenvalue weighted by molar-refractivity contribution is 0.358. The molecule has 0 fully saturated rings. The molecule has 154 valence electrons. The van der Waals surface area contributed by atoms with Crippen molar-refractivity contribution in [3.8, 4) is 17.0 Å². The highest BCUT2D eigenvalue weighted by molar-refractivity contribution is 7.11. The van der Waals surface area contributed by atoms with E-state index in [2.05, 4.69) is 15.1 Å². The van der Waals surface area contributed by atoms with Crippen LogP contribution >= 0.6 is 11.3 Å². The number of amidine groups is 1. The van der Waals surface area contributed by atoms with Crippen molar-refractivity contribution in [3.05, 3.63) is 76.4 Å². The molecule has 1 aliphatic heterocycles. The molecule has 0 radical (unpaired) electrons. The predicted molar refractivity (Wildman–Crippen MR) is 124 cm³/mol. The first-order valence-electron chi connectivity index (χ1n) is 9.63. The molecule has 2 aromatic carbocycles. The minimum Gasteiger partial charge on any atom is -0.509 e. The summed E-state index contributed by atoms with van der Waals surface area (Å²) in [6, 6.07) is 15.6. The number of thiazole rings is 1. The fourth-order valence-electron chi connectivity index (χ4n) is 3.50. The summed E-state index contributed by atoms with van der Waals surface area (Å²) >= 11 is 1.39. The van der Waals surface area contributed by atoms with Gasteiger partial charge >= 0.3 is 0 Å². The zero-order valence-corrected chi connectivity index (χ0v) is 17.5. The molecule has 0 saturated carbocycles. The Balaban J connectivity index is 1.37. The second-order valence-electron chi connectivity index (χ2n) is 7.03. The van der Waals surface area contributed by atoms with Gasteiger partial charge in [0.2, 0.25) is 0 Å². The van der Waals surface area contributed by atoms with Gasteiger partial charge in [-0.2, -0.15) is 5.10 Å². The molecular formula is C23H19N5O2S. The van der Waals surface area contributed by atoms with E-state index in [9.17, 15) is 5.11 Å². The summed E-state index contributed by atoms with van der Waals surface area (Å²) in [6.07, 6.45) is 3.58. The predicted octanol–water partition coefficient (Wildman–Crippen LogP) is 4.90. The van der Waals surface area contributed by atoms with Crippen molar-refractivity contribution >= 4 is 39.9 Å². The zero-order chi connectivity index (χ0) is 21.4. The number of H-pyrrole nitrogens is 1. The van der Waals surface area contributed by atoms with Crippen LogP contribution in [0.25, 0.3) is 27.7 Å². The average molecular weight is 430 g/mol. The van der Waals surface area contributed by atoms with Crippen LogP contribution in [-0.2, 0) is 0 Å². The number of fused-ring (bicyclic) bond motifs is 1. The van der Waals surface area contributed by atoms with Gasteiger partial charge in [0, 0.05) is 33.6 Å². The Morgan fingerprint density at radius 1 is 1.23 bits per heavy atom. The van der Waals surface area contributed by atoms with Crippen LogP contribution in [0, 0.1) is 5.41 Å². The summed E-state index contributed by atoms with van der Waals surface area (Å²) in [7, 11) is 1.63. The molecule has 3 heterocycles. The van der Waals surface area contributed by atoms with E-state index >= 15 is 0 Å². The first-order valence-corrected chi connectivity index (χ1v) is 10.5. The molecule has 2 aromatic heterocycles. The van der Waals surface area contributed by atoms with Gasteiger partial charge < -0.3 is 14.8 Å². The first-order chi connectivity index (χ1) is 15.1. The first kappa shape index (κ1) is 19.1. The maximum atomic E-state index is 10.5. The van der Waals surface area contributed by atoms with Crippen LogP contribution in [0.5, 0.6) is 5.75 Å². The van der Waals surface area contributed by atoms with Gasteiger partial charge in [0.1, 0.15) is 23.1 Å². The number of aromatic amines is 1. The van der Waals surface area contributed by atoms with Gasteiger partial charge in [0.25, 0.3) is 0 Å².